The zero-order chi connectivity index (χ0) is 6.41. The second-order valence-electron chi connectivity index (χ2n) is 1.66. The number of rotatable bonds is 4. The summed E-state index contributed by atoms with van der Waals surface area (Å²) in [6.07, 6.45) is 3.50. The van der Waals surface area contributed by atoms with Gasteiger partial charge >= 0.3 is 0 Å². The molecule has 0 aliphatic carbocycles. The summed E-state index contributed by atoms with van der Waals surface area (Å²) in [4.78, 5) is 0. The number of hydrogen-bond donors (Lipinski definition) is 0. The molecule has 0 saturated heterocycles. The van der Waals surface area contributed by atoms with Gasteiger partial charge in [-0.1, -0.05) is 22.9 Å². The maximum Gasteiger partial charge on any atom is 0.0670 e. The predicted octanol–water partition coefficient (Wildman–Crippen LogP) is 2.01. The molecule has 0 aromatic heterocycles. The highest BCUT2D eigenvalue weighted by molar-refractivity contribution is 9.09. The van der Waals surface area contributed by atoms with Crippen molar-refractivity contribution in [3.05, 3.63) is 6.42 Å². The zero-order valence-corrected chi connectivity index (χ0v) is 6.94. The van der Waals surface area contributed by atoms with Crippen molar-refractivity contribution >= 4 is 15.9 Å². The quantitative estimate of drug-likeness (QED) is 0.601. The molecule has 0 spiro atoms. The van der Waals surface area contributed by atoms with Crippen LogP contribution >= 0.6 is 15.9 Å². The van der Waals surface area contributed by atoms with Gasteiger partial charge in [-0.2, -0.15) is 0 Å². The van der Waals surface area contributed by atoms with E-state index in [9.17, 15) is 0 Å². The van der Waals surface area contributed by atoms with Crippen molar-refractivity contribution in [1.82, 2.24) is 0 Å². The standard InChI is InChI=1S/C6H12BrO/c1-3-4-6(5-7)8-2/h3,6H,4-5H2,1-2H3. The molecule has 0 saturated carbocycles. The van der Waals surface area contributed by atoms with Gasteiger partial charge in [-0.15, -0.1) is 0 Å². The molecule has 1 atom stereocenters. The predicted molar refractivity (Wildman–Crippen MR) is 39.2 cm³/mol. The Kier molecular flexibility index (Phi) is 5.88. The summed E-state index contributed by atoms with van der Waals surface area (Å²) in [7, 11) is 1.73. The van der Waals surface area contributed by atoms with E-state index in [1.54, 1.807) is 7.11 Å². The summed E-state index contributed by atoms with van der Waals surface area (Å²) >= 11 is 3.33. The molecule has 49 valence electrons. The first kappa shape index (κ1) is 8.44. The Hall–Kier alpha value is 0.440. The molecule has 0 aromatic rings. The van der Waals surface area contributed by atoms with Gasteiger partial charge in [-0.05, 0) is 12.8 Å². The molecule has 8 heavy (non-hydrogen) atoms. The van der Waals surface area contributed by atoms with Crippen LogP contribution in [0.2, 0.25) is 0 Å². The maximum absolute atomic E-state index is 5.06. The normalized spacial score (nSPS) is 13.9. The van der Waals surface area contributed by atoms with E-state index in [0.717, 1.165) is 11.8 Å². The maximum atomic E-state index is 5.06. The van der Waals surface area contributed by atoms with Crippen LogP contribution in [0.4, 0.5) is 0 Å². The lowest BCUT2D eigenvalue weighted by atomic mass is 10.2. The summed E-state index contributed by atoms with van der Waals surface area (Å²) in [5, 5.41) is 0.924. The van der Waals surface area contributed by atoms with Gasteiger partial charge in [0, 0.05) is 12.4 Å². The van der Waals surface area contributed by atoms with Crippen LogP contribution in [0.1, 0.15) is 13.3 Å². The van der Waals surface area contributed by atoms with Crippen LogP contribution < -0.4 is 0 Å². The van der Waals surface area contributed by atoms with E-state index >= 15 is 0 Å². The highest BCUT2D eigenvalue weighted by Gasteiger charge is 2.00. The molecule has 1 radical (unpaired) electrons. The lowest BCUT2D eigenvalue weighted by molar-refractivity contribution is 0.123. The monoisotopic (exact) mass is 179 g/mol. The first-order valence-corrected chi connectivity index (χ1v) is 3.83. The number of hydrogen-bond acceptors (Lipinski definition) is 1. The Morgan fingerprint density at radius 3 is 2.50 bits per heavy atom. The van der Waals surface area contributed by atoms with Gasteiger partial charge in [0.15, 0.2) is 0 Å². The fourth-order valence-electron chi connectivity index (χ4n) is 0.485. The fourth-order valence-corrected chi connectivity index (χ4v) is 1.01. The highest BCUT2D eigenvalue weighted by atomic mass is 79.9. The van der Waals surface area contributed by atoms with Gasteiger partial charge in [-0.3, -0.25) is 0 Å². The first-order valence-electron chi connectivity index (χ1n) is 2.71. The van der Waals surface area contributed by atoms with Crippen molar-refractivity contribution in [2.45, 2.75) is 19.4 Å². The van der Waals surface area contributed by atoms with E-state index in [0.29, 0.717) is 6.10 Å². The summed E-state index contributed by atoms with van der Waals surface area (Å²) < 4.78 is 5.06. The molecule has 0 aliphatic rings. The van der Waals surface area contributed by atoms with Crippen molar-refractivity contribution < 1.29 is 4.74 Å². The van der Waals surface area contributed by atoms with Crippen molar-refractivity contribution in [2.24, 2.45) is 0 Å². The first-order chi connectivity index (χ1) is 3.85. The van der Waals surface area contributed by atoms with Crippen molar-refractivity contribution in [2.75, 3.05) is 12.4 Å². The minimum Gasteiger partial charge on any atom is -0.381 e. The Morgan fingerprint density at radius 2 is 2.38 bits per heavy atom. The largest absolute Gasteiger partial charge is 0.381 e. The third-order valence-electron chi connectivity index (χ3n) is 1.00. The van der Waals surface area contributed by atoms with Crippen LogP contribution in [0.15, 0.2) is 0 Å². The number of halogens is 1. The van der Waals surface area contributed by atoms with Crippen LogP contribution in [0, 0.1) is 6.42 Å². The third-order valence-corrected chi connectivity index (χ3v) is 1.73. The third kappa shape index (κ3) is 3.44. The molecule has 0 rings (SSSR count). The highest BCUT2D eigenvalue weighted by Crippen LogP contribution is 2.02. The van der Waals surface area contributed by atoms with Gasteiger partial charge in [-0.25, -0.2) is 0 Å². The molecule has 0 fully saturated rings. The minimum absolute atomic E-state index is 0.361. The molecule has 0 heterocycles. The van der Waals surface area contributed by atoms with Gasteiger partial charge in [0.1, 0.15) is 0 Å². The Morgan fingerprint density at radius 1 is 1.75 bits per heavy atom. The average Bonchev–Trinajstić information content (AvgIpc) is 1.83. The number of alkyl halides is 1. The molecule has 0 amide bonds. The van der Waals surface area contributed by atoms with Crippen LogP contribution in [0.5, 0.6) is 0 Å². The second-order valence-corrected chi connectivity index (χ2v) is 2.30. The number of ether oxygens (including phenoxy) is 1. The summed E-state index contributed by atoms with van der Waals surface area (Å²) in [5.74, 6) is 0. The molecule has 2 heteroatoms. The van der Waals surface area contributed by atoms with E-state index in [1.165, 1.54) is 0 Å². The van der Waals surface area contributed by atoms with Gasteiger partial charge < -0.3 is 4.74 Å². The summed E-state index contributed by atoms with van der Waals surface area (Å²) in [5.41, 5.74) is 0. The SMILES string of the molecule is C[CH]CC(CBr)OC. The molecular formula is C6H12BrO. The van der Waals surface area contributed by atoms with Crippen LogP contribution in [-0.2, 0) is 4.74 Å². The second kappa shape index (κ2) is 5.57. The lowest BCUT2D eigenvalue weighted by Crippen LogP contribution is -2.10. The van der Waals surface area contributed by atoms with Gasteiger partial charge in [0.05, 0.1) is 6.10 Å². The van der Waals surface area contributed by atoms with Crippen LogP contribution in [0.25, 0.3) is 0 Å². The molecule has 0 aliphatic heterocycles. The topological polar surface area (TPSA) is 9.23 Å². The van der Waals surface area contributed by atoms with E-state index in [1.807, 2.05) is 6.92 Å². The number of methoxy groups -OCH3 is 1. The van der Waals surface area contributed by atoms with Crippen molar-refractivity contribution in [3.8, 4) is 0 Å². The van der Waals surface area contributed by atoms with E-state index < -0.39 is 0 Å². The molecule has 0 N–H and O–H groups in total. The molecular weight excluding hydrogens is 168 g/mol. The smallest absolute Gasteiger partial charge is 0.0670 e. The Bertz CT molecular complexity index is 43.8. The van der Waals surface area contributed by atoms with Crippen LogP contribution in [-0.4, -0.2) is 18.5 Å². The minimum atomic E-state index is 0.361. The Balaban J connectivity index is 3.07. The van der Waals surface area contributed by atoms with Gasteiger partial charge in [0.2, 0.25) is 0 Å². The molecule has 1 unspecified atom stereocenters. The van der Waals surface area contributed by atoms with Crippen LogP contribution in [0.3, 0.4) is 0 Å². The van der Waals surface area contributed by atoms with E-state index in [-0.39, 0.29) is 0 Å². The average molecular weight is 180 g/mol. The van der Waals surface area contributed by atoms with Crippen molar-refractivity contribution in [3.63, 3.8) is 0 Å². The zero-order valence-electron chi connectivity index (χ0n) is 5.36. The summed E-state index contributed by atoms with van der Waals surface area (Å²) in [6, 6.07) is 0. The fraction of sp³-hybridized carbons (Fsp3) is 0.833. The molecule has 0 bridgehead atoms. The van der Waals surface area contributed by atoms with E-state index in [4.69, 9.17) is 4.74 Å². The van der Waals surface area contributed by atoms with E-state index in [2.05, 4.69) is 22.4 Å². The molecule has 1 nitrogen and oxygen atoms in total. The summed E-state index contributed by atoms with van der Waals surface area (Å²) in [6.45, 7) is 2.04. The van der Waals surface area contributed by atoms with Crippen molar-refractivity contribution in [1.29, 1.82) is 0 Å². The molecule has 0 aromatic carbocycles. The lowest BCUT2D eigenvalue weighted by Gasteiger charge is -2.08. The Labute approximate surface area is 59.5 Å². The van der Waals surface area contributed by atoms with Gasteiger partial charge in [0.25, 0.3) is 0 Å².